The molecule has 10 nitrogen and oxygen atoms in total. The lowest BCUT2D eigenvalue weighted by Crippen LogP contribution is -2.29. The Labute approximate surface area is 172 Å². The Morgan fingerprint density at radius 3 is 2.57 bits per heavy atom. The number of benzene rings is 1. The molecule has 1 amide bonds. The van der Waals surface area contributed by atoms with Crippen molar-refractivity contribution in [3.8, 4) is 22.8 Å². The van der Waals surface area contributed by atoms with Crippen LogP contribution in [0.3, 0.4) is 0 Å². The van der Waals surface area contributed by atoms with Gasteiger partial charge in [-0.25, -0.2) is 14.8 Å². The molecule has 0 aliphatic rings. The van der Waals surface area contributed by atoms with Crippen molar-refractivity contribution in [2.75, 3.05) is 39.7 Å². The monoisotopic (exact) mass is 413 g/mol. The van der Waals surface area contributed by atoms with Crippen molar-refractivity contribution in [1.82, 2.24) is 19.9 Å². The van der Waals surface area contributed by atoms with Gasteiger partial charge in [0.2, 0.25) is 0 Å². The minimum atomic E-state index is -0.536. The lowest BCUT2D eigenvalue weighted by Gasteiger charge is -2.13. The molecular weight excluding hydrogens is 390 g/mol. The molecule has 0 aliphatic carbocycles. The Morgan fingerprint density at radius 1 is 1.10 bits per heavy atom. The van der Waals surface area contributed by atoms with Crippen molar-refractivity contribution in [1.29, 1.82) is 0 Å². The molecule has 30 heavy (non-hydrogen) atoms. The minimum Gasteiger partial charge on any atom is -0.493 e. The standard InChI is InChI=1S/C20H23N5O5/c1-25-11-23-14-10-13(12-5-6-15(28-2)16(9-12)29-3)24-18(17(14)19(25)26)21-7-8-22-20(27)30-4/h5-6,9-11H,7-8H2,1-4H3,(H,21,24)(H,22,27). The number of aryl methyl sites for hydroxylation is 1. The molecule has 2 aromatic heterocycles. The number of ether oxygens (including phenoxy) is 3. The Hall–Kier alpha value is -3.82. The van der Waals surface area contributed by atoms with Gasteiger partial charge in [-0.3, -0.25) is 4.79 Å². The number of hydrogen-bond donors (Lipinski definition) is 2. The highest BCUT2D eigenvalue weighted by molar-refractivity contribution is 5.91. The molecule has 0 bridgehead atoms. The molecule has 0 radical (unpaired) electrons. The number of aromatic nitrogens is 3. The van der Waals surface area contributed by atoms with Crippen molar-refractivity contribution in [3.63, 3.8) is 0 Å². The fourth-order valence-corrected chi connectivity index (χ4v) is 2.91. The van der Waals surface area contributed by atoms with Gasteiger partial charge in [0, 0.05) is 25.7 Å². The van der Waals surface area contributed by atoms with Gasteiger partial charge in [0.25, 0.3) is 5.56 Å². The number of carbonyl (C=O) groups excluding carboxylic acids is 1. The highest BCUT2D eigenvalue weighted by atomic mass is 16.5. The van der Waals surface area contributed by atoms with E-state index in [2.05, 4.69) is 25.3 Å². The van der Waals surface area contributed by atoms with Crippen molar-refractivity contribution < 1.29 is 19.0 Å². The maximum atomic E-state index is 12.7. The summed E-state index contributed by atoms with van der Waals surface area (Å²) in [5, 5.41) is 6.04. The quantitative estimate of drug-likeness (QED) is 0.563. The fourth-order valence-electron chi connectivity index (χ4n) is 2.91. The molecule has 10 heteroatoms. The summed E-state index contributed by atoms with van der Waals surface area (Å²) in [6.45, 7) is 0.627. The van der Waals surface area contributed by atoms with Crippen LogP contribution in [0.5, 0.6) is 11.5 Å². The summed E-state index contributed by atoms with van der Waals surface area (Å²) in [6, 6.07) is 7.18. The zero-order valence-electron chi connectivity index (χ0n) is 17.2. The number of alkyl carbamates (subject to hydrolysis) is 1. The molecule has 2 heterocycles. The van der Waals surface area contributed by atoms with E-state index in [1.165, 1.54) is 18.0 Å². The average molecular weight is 413 g/mol. The van der Waals surface area contributed by atoms with Gasteiger partial charge in [0.1, 0.15) is 11.2 Å². The number of nitrogens with zero attached hydrogens (tertiary/aromatic N) is 3. The van der Waals surface area contributed by atoms with Crippen LogP contribution in [0.4, 0.5) is 10.6 Å². The third-order valence-corrected chi connectivity index (χ3v) is 4.45. The highest BCUT2D eigenvalue weighted by Crippen LogP contribution is 2.33. The first-order chi connectivity index (χ1) is 14.5. The lowest BCUT2D eigenvalue weighted by atomic mass is 10.1. The van der Waals surface area contributed by atoms with Crippen LogP contribution in [0.25, 0.3) is 22.2 Å². The van der Waals surface area contributed by atoms with E-state index in [9.17, 15) is 9.59 Å². The van der Waals surface area contributed by atoms with Crippen LogP contribution in [0, 0.1) is 0 Å². The Bertz CT molecular complexity index is 1130. The molecule has 0 spiro atoms. The smallest absolute Gasteiger partial charge is 0.406 e. The summed E-state index contributed by atoms with van der Waals surface area (Å²) in [4.78, 5) is 32.9. The van der Waals surface area contributed by atoms with E-state index >= 15 is 0 Å². The number of fused-ring (bicyclic) bond motifs is 1. The van der Waals surface area contributed by atoms with Crippen LogP contribution in [0.15, 0.2) is 35.4 Å². The van der Waals surface area contributed by atoms with Gasteiger partial charge in [0.15, 0.2) is 11.5 Å². The predicted molar refractivity (Wildman–Crippen MR) is 112 cm³/mol. The second-order valence-electron chi connectivity index (χ2n) is 6.33. The van der Waals surface area contributed by atoms with Gasteiger partial charge in [-0.05, 0) is 24.3 Å². The number of nitrogens with one attached hydrogen (secondary N) is 2. The van der Waals surface area contributed by atoms with E-state index in [-0.39, 0.29) is 12.1 Å². The van der Waals surface area contributed by atoms with Crippen molar-refractivity contribution in [3.05, 3.63) is 40.9 Å². The zero-order chi connectivity index (χ0) is 21.7. The lowest BCUT2D eigenvalue weighted by molar-refractivity contribution is 0.171. The van der Waals surface area contributed by atoms with Gasteiger partial charge in [-0.2, -0.15) is 0 Å². The first kappa shape index (κ1) is 20.9. The van der Waals surface area contributed by atoms with Gasteiger partial charge < -0.3 is 29.4 Å². The van der Waals surface area contributed by atoms with Gasteiger partial charge in [0.05, 0.1) is 38.9 Å². The molecule has 0 unspecified atom stereocenters. The van der Waals surface area contributed by atoms with Crippen molar-refractivity contribution >= 4 is 22.8 Å². The fraction of sp³-hybridized carbons (Fsp3) is 0.300. The van der Waals surface area contributed by atoms with E-state index in [1.807, 2.05) is 6.07 Å². The summed E-state index contributed by atoms with van der Waals surface area (Å²) in [5.41, 5.74) is 1.65. The summed E-state index contributed by atoms with van der Waals surface area (Å²) >= 11 is 0. The summed E-state index contributed by atoms with van der Waals surface area (Å²) < 4.78 is 16.6. The van der Waals surface area contributed by atoms with E-state index in [0.29, 0.717) is 40.5 Å². The summed E-state index contributed by atoms with van der Waals surface area (Å²) in [7, 11) is 6.04. The van der Waals surface area contributed by atoms with Gasteiger partial charge >= 0.3 is 6.09 Å². The molecule has 0 saturated carbocycles. The SMILES string of the molecule is COC(=O)NCCNc1nc(-c2ccc(OC)c(OC)c2)cc2ncn(C)c(=O)c12. The first-order valence-corrected chi connectivity index (χ1v) is 9.13. The van der Waals surface area contributed by atoms with Crippen LogP contribution in [0.1, 0.15) is 0 Å². The van der Waals surface area contributed by atoms with E-state index in [1.54, 1.807) is 39.5 Å². The first-order valence-electron chi connectivity index (χ1n) is 9.13. The Balaban J connectivity index is 2.03. The number of rotatable bonds is 7. The normalized spacial score (nSPS) is 10.5. The molecule has 0 atom stereocenters. The van der Waals surface area contributed by atoms with E-state index in [0.717, 1.165) is 5.56 Å². The molecule has 3 aromatic rings. The van der Waals surface area contributed by atoms with Crippen molar-refractivity contribution in [2.24, 2.45) is 7.05 Å². The average Bonchev–Trinajstić information content (AvgIpc) is 2.78. The number of pyridine rings is 1. The molecule has 158 valence electrons. The number of amides is 1. The molecule has 0 aliphatic heterocycles. The van der Waals surface area contributed by atoms with Crippen LogP contribution in [-0.2, 0) is 11.8 Å². The number of carbonyl (C=O) groups is 1. The molecule has 0 fully saturated rings. The molecule has 1 aromatic carbocycles. The van der Waals surface area contributed by atoms with Crippen LogP contribution < -0.4 is 25.7 Å². The highest BCUT2D eigenvalue weighted by Gasteiger charge is 2.14. The second-order valence-corrected chi connectivity index (χ2v) is 6.33. The molecule has 3 rings (SSSR count). The largest absolute Gasteiger partial charge is 0.493 e. The van der Waals surface area contributed by atoms with Crippen LogP contribution in [0.2, 0.25) is 0 Å². The van der Waals surface area contributed by atoms with Gasteiger partial charge in [-0.1, -0.05) is 0 Å². The molecule has 0 saturated heterocycles. The molecular formula is C20H23N5O5. The third-order valence-electron chi connectivity index (χ3n) is 4.45. The molecule has 2 N–H and O–H groups in total. The van der Waals surface area contributed by atoms with E-state index in [4.69, 9.17) is 9.47 Å². The third kappa shape index (κ3) is 4.27. The van der Waals surface area contributed by atoms with Gasteiger partial charge in [-0.15, -0.1) is 0 Å². The number of hydrogen-bond acceptors (Lipinski definition) is 8. The minimum absolute atomic E-state index is 0.227. The summed E-state index contributed by atoms with van der Waals surface area (Å²) in [6.07, 6.45) is 0.928. The topological polar surface area (TPSA) is 117 Å². The number of methoxy groups -OCH3 is 3. The zero-order valence-corrected chi connectivity index (χ0v) is 17.2. The predicted octanol–water partition coefficient (Wildman–Crippen LogP) is 1.78. The second kappa shape index (κ2) is 9.12. The summed E-state index contributed by atoms with van der Waals surface area (Å²) in [5.74, 6) is 1.53. The van der Waals surface area contributed by atoms with Crippen LogP contribution in [-0.4, -0.2) is 55.0 Å². The number of anilines is 1. The van der Waals surface area contributed by atoms with Crippen molar-refractivity contribution in [2.45, 2.75) is 0 Å². The Kier molecular flexibility index (Phi) is 6.35. The maximum Gasteiger partial charge on any atom is 0.406 e. The Morgan fingerprint density at radius 2 is 1.87 bits per heavy atom. The maximum absolute atomic E-state index is 12.7. The van der Waals surface area contributed by atoms with E-state index < -0.39 is 6.09 Å². The van der Waals surface area contributed by atoms with Crippen LogP contribution >= 0.6 is 0 Å².